The summed E-state index contributed by atoms with van der Waals surface area (Å²) in [5, 5.41) is 14.0. The Kier molecular flexibility index (Phi) is 8.60. The van der Waals surface area contributed by atoms with Crippen molar-refractivity contribution >= 4 is 18.0 Å². The number of nitrogens with one attached hydrogen (secondary N) is 2. The third-order valence-corrected chi connectivity index (χ3v) is 5.38. The molecule has 174 valence electrons. The van der Waals surface area contributed by atoms with Gasteiger partial charge in [0.2, 0.25) is 5.91 Å². The van der Waals surface area contributed by atoms with Crippen LogP contribution < -0.4 is 10.6 Å². The fraction of sp³-hybridized carbons (Fsp3) is 0.320. The van der Waals surface area contributed by atoms with E-state index >= 15 is 0 Å². The number of aliphatic carboxylic acids is 1. The van der Waals surface area contributed by atoms with E-state index in [0.717, 1.165) is 11.1 Å². The van der Waals surface area contributed by atoms with Crippen molar-refractivity contribution in [1.82, 2.24) is 10.6 Å². The highest BCUT2D eigenvalue weighted by Crippen LogP contribution is 2.44. The van der Waals surface area contributed by atoms with Crippen LogP contribution in [-0.4, -0.2) is 56.0 Å². The summed E-state index contributed by atoms with van der Waals surface area (Å²) in [6.45, 7) is 2.56. The monoisotopic (exact) mass is 452 g/mol. The van der Waals surface area contributed by atoms with Gasteiger partial charge in [-0.15, -0.1) is 0 Å². The molecule has 3 rings (SSSR count). The zero-order chi connectivity index (χ0) is 23.6. The summed E-state index contributed by atoms with van der Waals surface area (Å²) in [5.41, 5.74) is 4.83. The quantitative estimate of drug-likeness (QED) is 0.357. The number of alkyl carbamates (subject to hydrolysis) is 1. The number of carboxylic acid groups (broad SMARTS) is 1. The van der Waals surface area contributed by atoms with Crippen molar-refractivity contribution in [3.8, 4) is 11.1 Å². The molecule has 0 heterocycles. The average molecular weight is 453 g/mol. The molecule has 0 bridgehead atoms. The summed E-state index contributed by atoms with van der Waals surface area (Å²) in [5.74, 6) is -1.25. The zero-order valence-corrected chi connectivity index (χ0v) is 18.5. The van der Waals surface area contributed by atoms with Crippen molar-refractivity contribution in [2.75, 3.05) is 32.9 Å². The molecule has 0 saturated carbocycles. The zero-order valence-electron chi connectivity index (χ0n) is 18.5. The Bertz CT molecular complexity index is 988. The van der Waals surface area contributed by atoms with E-state index in [1.54, 1.807) is 0 Å². The minimum Gasteiger partial charge on any atom is -0.478 e. The fourth-order valence-corrected chi connectivity index (χ4v) is 3.64. The number of fused-ring (bicyclic) bond motifs is 3. The molecule has 2 aromatic carbocycles. The first-order chi connectivity index (χ1) is 16.0. The maximum Gasteiger partial charge on any atom is 0.407 e. The van der Waals surface area contributed by atoms with Crippen LogP contribution >= 0.6 is 0 Å². The molecule has 8 heteroatoms. The Morgan fingerprint density at radius 3 is 2.24 bits per heavy atom. The first-order valence-corrected chi connectivity index (χ1v) is 10.8. The van der Waals surface area contributed by atoms with Crippen molar-refractivity contribution in [3.05, 3.63) is 71.3 Å². The Labute approximate surface area is 192 Å². The Balaban J connectivity index is 1.31. The predicted molar refractivity (Wildman–Crippen MR) is 123 cm³/mol. The third-order valence-electron chi connectivity index (χ3n) is 5.38. The largest absolute Gasteiger partial charge is 0.478 e. The minimum absolute atomic E-state index is 0.00652. The van der Waals surface area contributed by atoms with Crippen molar-refractivity contribution < 1.29 is 29.0 Å². The van der Waals surface area contributed by atoms with Gasteiger partial charge in [-0.25, -0.2) is 9.59 Å². The Hall–Kier alpha value is -3.65. The topological polar surface area (TPSA) is 114 Å². The van der Waals surface area contributed by atoms with Crippen LogP contribution in [0.15, 0.2) is 60.2 Å². The van der Waals surface area contributed by atoms with Crippen LogP contribution in [0, 0.1) is 0 Å². The second-order valence-electron chi connectivity index (χ2n) is 7.61. The molecule has 0 radical (unpaired) electrons. The molecule has 0 atom stereocenters. The number of rotatable bonds is 11. The number of carbonyl (C=O) groups excluding carboxylic acids is 2. The molecule has 2 amide bonds. The number of ether oxygens (including phenoxy) is 2. The molecule has 1 aliphatic carbocycles. The number of hydrogen-bond acceptors (Lipinski definition) is 5. The van der Waals surface area contributed by atoms with Gasteiger partial charge in [0, 0.05) is 31.0 Å². The van der Waals surface area contributed by atoms with Gasteiger partial charge in [0.25, 0.3) is 0 Å². The molecule has 0 aromatic heterocycles. The summed E-state index contributed by atoms with van der Waals surface area (Å²) in [6, 6.07) is 16.3. The van der Waals surface area contributed by atoms with Crippen molar-refractivity contribution in [1.29, 1.82) is 0 Å². The van der Waals surface area contributed by atoms with Gasteiger partial charge in [0.15, 0.2) is 0 Å². The SMILES string of the molecule is C/C(=C\CNC(=O)CCOCCNC(=O)OCC1c2ccccc2-c2ccccc21)C(=O)O. The van der Waals surface area contributed by atoms with Crippen LogP contribution in [0.3, 0.4) is 0 Å². The van der Waals surface area contributed by atoms with E-state index in [2.05, 4.69) is 34.9 Å². The predicted octanol–water partition coefficient (Wildman–Crippen LogP) is 3.08. The lowest BCUT2D eigenvalue weighted by Gasteiger charge is -2.14. The Morgan fingerprint density at radius 1 is 0.970 bits per heavy atom. The molecule has 0 aliphatic heterocycles. The average Bonchev–Trinajstić information content (AvgIpc) is 3.13. The first-order valence-electron chi connectivity index (χ1n) is 10.8. The van der Waals surface area contributed by atoms with Crippen molar-refractivity contribution in [2.24, 2.45) is 0 Å². The van der Waals surface area contributed by atoms with E-state index in [9.17, 15) is 14.4 Å². The highest BCUT2D eigenvalue weighted by Gasteiger charge is 2.28. The smallest absolute Gasteiger partial charge is 0.407 e. The van der Waals surface area contributed by atoms with Gasteiger partial charge in [0.05, 0.1) is 13.2 Å². The van der Waals surface area contributed by atoms with Gasteiger partial charge in [0.1, 0.15) is 6.61 Å². The highest BCUT2D eigenvalue weighted by atomic mass is 16.5. The van der Waals surface area contributed by atoms with E-state index in [1.165, 1.54) is 24.1 Å². The molecular weight excluding hydrogens is 424 g/mol. The van der Waals surface area contributed by atoms with E-state index in [4.69, 9.17) is 14.6 Å². The molecule has 0 saturated heterocycles. The molecule has 0 spiro atoms. The number of carboxylic acids is 1. The molecule has 3 N–H and O–H groups in total. The summed E-state index contributed by atoms with van der Waals surface area (Å²) < 4.78 is 10.8. The van der Waals surface area contributed by atoms with Crippen molar-refractivity contribution in [3.63, 3.8) is 0 Å². The van der Waals surface area contributed by atoms with E-state index in [-0.39, 0.29) is 56.7 Å². The highest BCUT2D eigenvalue weighted by molar-refractivity contribution is 5.86. The van der Waals surface area contributed by atoms with Gasteiger partial charge >= 0.3 is 12.1 Å². The fourth-order valence-electron chi connectivity index (χ4n) is 3.64. The summed E-state index contributed by atoms with van der Waals surface area (Å²) in [7, 11) is 0. The van der Waals surface area contributed by atoms with Gasteiger partial charge in [-0.1, -0.05) is 54.6 Å². The lowest BCUT2D eigenvalue weighted by molar-refractivity contribution is -0.132. The van der Waals surface area contributed by atoms with Crippen LogP contribution in [0.2, 0.25) is 0 Å². The summed E-state index contributed by atoms with van der Waals surface area (Å²) in [4.78, 5) is 34.4. The van der Waals surface area contributed by atoms with Crippen LogP contribution in [0.1, 0.15) is 30.4 Å². The molecular formula is C25H28N2O6. The standard InChI is InChI=1S/C25H28N2O6/c1-17(24(29)30)10-12-26-23(28)11-14-32-15-13-27-25(31)33-16-22-20-8-4-2-6-18(20)19-7-3-5-9-21(19)22/h2-10,22H,11-16H2,1H3,(H,26,28)(H,27,31)(H,29,30)/b17-10+. The van der Waals surface area contributed by atoms with E-state index in [0.29, 0.717) is 0 Å². The molecule has 2 aromatic rings. The van der Waals surface area contributed by atoms with E-state index < -0.39 is 12.1 Å². The lowest BCUT2D eigenvalue weighted by atomic mass is 9.98. The number of benzene rings is 2. The lowest BCUT2D eigenvalue weighted by Crippen LogP contribution is -2.30. The minimum atomic E-state index is -1.02. The molecule has 8 nitrogen and oxygen atoms in total. The number of hydrogen-bond donors (Lipinski definition) is 3. The second-order valence-corrected chi connectivity index (χ2v) is 7.61. The van der Waals surface area contributed by atoms with Crippen LogP contribution in [-0.2, 0) is 19.1 Å². The molecule has 0 unspecified atom stereocenters. The van der Waals surface area contributed by atoms with Gasteiger partial charge in [-0.2, -0.15) is 0 Å². The third kappa shape index (κ3) is 6.66. The van der Waals surface area contributed by atoms with Gasteiger partial charge in [-0.3, -0.25) is 4.79 Å². The Morgan fingerprint density at radius 2 is 1.61 bits per heavy atom. The first kappa shape index (κ1) is 24.0. The number of carbonyl (C=O) groups is 3. The second kappa shape index (κ2) is 11.8. The number of amides is 2. The maximum atomic E-state index is 12.1. The normalized spacial score (nSPS) is 12.6. The maximum absolute atomic E-state index is 12.1. The van der Waals surface area contributed by atoms with Crippen molar-refractivity contribution in [2.45, 2.75) is 19.3 Å². The van der Waals surface area contributed by atoms with E-state index in [1.807, 2.05) is 24.3 Å². The summed E-state index contributed by atoms with van der Waals surface area (Å²) >= 11 is 0. The molecule has 1 aliphatic rings. The van der Waals surface area contributed by atoms with Crippen LogP contribution in [0.5, 0.6) is 0 Å². The summed E-state index contributed by atoms with van der Waals surface area (Å²) in [6.07, 6.45) is 1.06. The van der Waals surface area contributed by atoms with Gasteiger partial charge < -0.3 is 25.2 Å². The van der Waals surface area contributed by atoms with Gasteiger partial charge in [-0.05, 0) is 29.2 Å². The van der Waals surface area contributed by atoms with Crippen LogP contribution in [0.4, 0.5) is 4.79 Å². The van der Waals surface area contributed by atoms with Crippen LogP contribution in [0.25, 0.3) is 11.1 Å². The molecule has 0 fully saturated rings. The molecule has 33 heavy (non-hydrogen) atoms.